The number of fused-ring (bicyclic) bond motifs is 5. The summed E-state index contributed by atoms with van der Waals surface area (Å²) >= 11 is 0. The van der Waals surface area contributed by atoms with Crippen LogP contribution in [0.15, 0.2) is 0 Å². The molecule has 4 aliphatic carbocycles. The Hall–Kier alpha value is -0.120. The van der Waals surface area contributed by atoms with Gasteiger partial charge in [0.25, 0.3) is 0 Å². The number of aliphatic hydroxyl groups is 1. The zero-order valence-electron chi connectivity index (χ0n) is 15.9. The third kappa shape index (κ3) is 2.57. The molecule has 138 valence electrons. The molecular formula is C21H37NO2. The van der Waals surface area contributed by atoms with Gasteiger partial charge in [-0.15, -0.1) is 0 Å². The van der Waals surface area contributed by atoms with Crippen LogP contribution in [-0.2, 0) is 4.74 Å². The topological polar surface area (TPSA) is 41.5 Å². The smallest absolute Gasteiger partial charge is 0.0882 e. The third-order valence-corrected chi connectivity index (χ3v) is 8.87. The molecule has 2 N–H and O–H groups in total. The van der Waals surface area contributed by atoms with Gasteiger partial charge in [-0.05, 0) is 99.8 Å². The first kappa shape index (κ1) is 17.3. The minimum Gasteiger partial charge on any atom is -0.387 e. The normalized spacial score (nSPS) is 54.0. The molecule has 0 aromatic rings. The first-order valence-corrected chi connectivity index (χ1v) is 10.4. The van der Waals surface area contributed by atoms with Gasteiger partial charge in [-0.2, -0.15) is 0 Å². The maximum absolute atomic E-state index is 10.8. The maximum Gasteiger partial charge on any atom is 0.0882 e. The molecule has 0 bridgehead atoms. The summed E-state index contributed by atoms with van der Waals surface area (Å²) in [6.07, 6.45) is 11.6. The van der Waals surface area contributed by atoms with Crippen LogP contribution < -0.4 is 5.32 Å². The van der Waals surface area contributed by atoms with Crippen LogP contribution in [0.25, 0.3) is 0 Å². The molecular weight excluding hydrogens is 298 g/mol. The second-order valence-electron chi connectivity index (χ2n) is 9.80. The van der Waals surface area contributed by atoms with Gasteiger partial charge in [0.1, 0.15) is 0 Å². The summed E-state index contributed by atoms with van der Waals surface area (Å²) in [6.45, 7) is 3.10. The molecule has 3 nitrogen and oxygen atoms in total. The lowest BCUT2D eigenvalue weighted by Crippen LogP contribution is -2.53. The molecule has 3 heteroatoms. The number of methoxy groups -OCH3 is 1. The number of hydrogen-bond donors (Lipinski definition) is 2. The van der Waals surface area contributed by atoms with Gasteiger partial charge in [-0.3, -0.25) is 0 Å². The van der Waals surface area contributed by atoms with E-state index in [4.69, 9.17) is 4.74 Å². The summed E-state index contributed by atoms with van der Waals surface area (Å²) in [7, 11) is 3.89. The van der Waals surface area contributed by atoms with E-state index < -0.39 is 5.60 Å². The average Bonchev–Trinajstić information content (AvgIpc) is 2.90. The highest BCUT2D eigenvalue weighted by atomic mass is 16.5. The fraction of sp³-hybridized carbons (Fsp3) is 1.00. The van der Waals surface area contributed by atoms with Crippen LogP contribution in [-0.4, -0.2) is 37.5 Å². The van der Waals surface area contributed by atoms with E-state index in [0.29, 0.717) is 12.0 Å². The van der Waals surface area contributed by atoms with Crippen molar-refractivity contribution in [3.8, 4) is 0 Å². The van der Waals surface area contributed by atoms with Gasteiger partial charge in [0.2, 0.25) is 0 Å². The molecule has 0 unspecified atom stereocenters. The molecule has 24 heavy (non-hydrogen) atoms. The minimum atomic E-state index is -0.545. The first-order chi connectivity index (χ1) is 11.5. The maximum atomic E-state index is 10.8. The van der Waals surface area contributed by atoms with Crippen molar-refractivity contribution >= 4 is 0 Å². The van der Waals surface area contributed by atoms with Crippen LogP contribution in [0.4, 0.5) is 0 Å². The second kappa shape index (κ2) is 6.25. The van der Waals surface area contributed by atoms with Crippen molar-refractivity contribution < 1.29 is 9.84 Å². The molecule has 0 amide bonds. The van der Waals surface area contributed by atoms with Gasteiger partial charge in [0.15, 0.2) is 0 Å². The predicted octanol–water partition coefficient (Wildman–Crippen LogP) is 3.60. The van der Waals surface area contributed by atoms with Crippen molar-refractivity contribution in [1.82, 2.24) is 5.32 Å². The third-order valence-electron chi connectivity index (χ3n) is 8.87. The Morgan fingerprint density at radius 1 is 1.00 bits per heavy atom. The van der Waals surface area contributed by atoms with Gasteiger partial charge in [0.05, 0.1) is 12.2 Å². The molecule has 4 aliphatic rings. The molecule has 0 aliphatic heterocycles. The van der Waals surface area contributed by atoms with Crippen LogP contribution >= 0.6 is 0 Å². The monoisotopic (exact) mass is 335 g/mol. The molecule has 0 aromatic carbocycles. The van der Waals surface area contributed by atoms with E-state index in [1.165, 1.54) is 44.9 Å². The van der Waals surface area contributed by atoms with Gasteiger partial charge in [-0.1, -0.05) is 6.92 Å². The molecule has 4 fully saturated rings. The minimum absolute atomic E-state index is 0.523. The lowest BCUT2D eigenvalue weighted by atomic mass is 9.49. The molecule has 0 radical (unpaired) electrons. The Labute approximate surface area is 147 Å². The van der Waals surface area contributed by atoms with Crippen molar-refractivity contribution in [1.29, 1.82) is 0 Å². The molecule has 0 aromatic heterocycles. The van der Waals surface area contributed by atoms with E-state index in [0.717, 1.165) is 48.5 Å². The number of hydrogen-bond acceptors (Lipinski definition) is 3. The van der Waals surface area contributed by atoms with Crippen LogP contribution in [0.1, 0.15) is 64.7 Å². The van der Waals surface area contributed by atoms with Gasteiger partial charge < -0.3 is 15.2 Å². The van der Waals surface area contributed by atoms with E-state index in [-0.39, 0.29) is 0 Å². The number of nitrogens with one attached hydrogen (secondary N) is 1. The van der Waals surface area contributed by atoms with E-state index in [2.05, 4.69) is 19.3 Å². The van der Waals surface area contributed by atoms with Crippen LogP contribution in [0.5, 0.6) is 0 Å². The Morgan fingerprint density at radius 3 is 2.54 bits per heavy atom. The highest BCUT2D eigenvalue weighted by Gasteiger charge is 2.57. The van der Waals surface area contributed by atoms with Crippen molar-refractivity contribution in [3.05, 3.63) is 0 Å². The summed E-state index contributed by atoms with van der Waals surface area (Å²) < 4.78 is 5.31. The van der Waals surface area contributed by atoms with E-state index in [9.17, 15) is 5.11 Å². The lowest BCUT2D eigenvalue weighted by Gasteiger charge is -2.57. The quantitative estimate of drug-likeness (QED) is 0.828. The highest BCUT2D eigenvalue weighted by molar-refractivity contribution is 5.08. The number of rotatable bonds is 3. The zero-order valence-corrected chi connectivity index (χ0v) is 15.9. The summed E-state index contributed by atoms with van der Waals surface area (Å²) in [5.74, 6) is 4.45. The predicted molar refractivity (Wildman–Crippen MR) is 96.8 cm³/mol. The number of ether oxygens (including phenoxy) is 1. The van der Waals surface area contributed by atoms with Crippen molar-refractivity contribution in [2.45, 2.75) is 76.4 Å². The largest absolute Gasteiger partial charge is 0.387 e. The summed E-state index contributed by atoms with van der Waals surface area (Å²) in [5, 5.41) is 14.5. The first-order valence-electron chi connectivity index (χ1n) is 10.4. The summed E-state index contributed by atoms with van der Waals surface area (Å²) in [4.78, 5) is 0. The Kier molecular flexibility index (Phi) is 4.50. The van der Waals surface area contributed by atoms with Crippen molar-refractivity contribution in [2.75, 3.05) is 20.8 Å². The zero-order chi connectivity index (χ0) is 16.9. The van der Waals surface area contributed by atoms with Crippen LogP contribution in [0, 0.1) is 35.0 Å². The molecule has 4 rings (SSSR count). The fourth-order valence-corrected chi connectivity index (χ4v) is 7.84. The van der Waals surface area contributed by atoms with E-state index >= 15 is 0 Å². The molecule has 8 atom stereocenters. The molecule has 0 saturated heterocycles. The Bertz CT molecular complexity index is 469. The Morgan fingerprint density at radius 2 is 1.79 bits per heavy atom. The summed E-state index contributed by atoms with van der Waals surface area (Å²) in [5.41, 5.74) is -0.00920. The lowest BCUT2D eigenvalue weighted by molar-refractivity contribution is -0.122. The van der Waals surface area contributed by atoms with Crippen molar-refractivity contribution in [2.24, 2.45) is 35.0 Å². The molecule has 0 heterocycles. The Balaban J connectivity index is 1.50. The summed E-state index contributed by atoms with van der Waals surface area (Å²) in [6, 6.07) is 0.735. The van der Waals surface area contributed by atoms with Crippen LogP contribution in [0.3, 0.4) is 0 Å². The fourth-order valence-electron chi connectivity index (χ4n) is 7.84. The average molecular weight is 336 g/mol. The SMILES string of the molecule is CN[C@H]1CC[C@H]2[C@@H]3CC[C@@H]4C[C@@](O)(COC)CC[C@@H]4[C@H]3CC[C@]12C. The molecule has 0 spiro atoms. The van der Waals surface area contributed by atoms with Gasteiger partial charge in [0, 0.05) is 13.2 Å². The standard InChI is InChI=1S/C21H37NO2/c1-20-10-8-16-15-9-11-21(23,13-24-3)12-14(15)4-5-17(16)18(20)6-7-19(20)22-2/h14-19,22-23H,4-13H2,1-3H3/t14-,15+,16-,17-,18+,19+,20+,21-/m1/s1. The molecule has 4 saturated carbocycles. The highest BCUT2D eigenvalue weighted by Crippen LogP contribution is 2.62. The second-order valence-corrected chi connectivity index (χ2v) is 9.80. The van der Waals surface area contributed by atoms with E-state index in [1.807, 2.05) is 0 Å². The van der Waals surface area contributed by atoms with Crippen molar-refractivity contribution in [3.63, 3.8) is 0 Å². The van der Waals surface area contributed by atoms with E-state index in [1.54, 1.807) is 7.11 Å². The van der Waals surface area contributed by atoms with Gasteiger partial charge >= 0.3 is 0 Å². The van der Waals surface area contributed by atoms with Crippen LogP contribution in [0.2, 0.25) is 0 Å². The van der Waals surface area contributed by atoms with Gasteiger partial charge in [-0.25, -0.2) is 0 Å².